The van der Waals surface area contributed by atoms with Gasteiger partial charge in [-0.2, -0.15) is 13.2 Å². The van der Waals surface area contributed by atoms with Crippen molar-refractivity contribution in [2.24, 2.45) is 0 Å². The van der Waals surface area contributed by atoms with Crippen LogP contribution in [0.25, 0.3) is 0 Å². The van der Waals surface area contributed by atoms with Crippen LogP contribution in [0.4, 0.5) is 26.3 Å². The number of rotatable bonds is 4. The zero-order chi connectivity index (χ0) is 15.7. The van der Waals surface area contributed by atoms with E-state index >= 15 is 0 Å². The van der Waals surface area contributed by atoms with Gasteiger partial charge in [0.25, 0.3) is 0 Å². The number of benzene rings is 1. The first-order valence-electron chi connectivity index (χ1n) is 4.84. The van der Waals surface area contributed by atoms with Crippen molar-refractivity contribution in [2.45, 2.75) is 17.2 Å². The highest BCUT2D eigenvalue weighted by molar-refractivity contribution is 7.89. The highest BCUT2D eigenvalue weighted by Crippen LogP contribution is 2.22. The third-order valence-electron chi connectivity index (χ3n) is 2.13. The minimum absolute atomic E-state index is 0.299. The van der Waals surface area contributed by atoms with E-state index in [4.69, 9.17) is 5.11 Å². The molecule has 1 aromatic carbocycles. The number of halogens is 6. The Morgan fingerprint density at radius 1 is 1.15 bits per heavy atom. The quantitative estimate of drug-likeness (QED) is 0.648. The van der Waals surface area contributed by atoms with E-state index in [9.17, 15) is 34.8 Å². The van der Waals surface area contributed by atoms with E-state index in [1.165, 1.54) is 4.72 Å². The van der Waals surface area contributed by atoms with Gasteiger partial charge in [0.2, 0.25) is 10.0 Å². The maximum atomic E-state index is 13.2. The first-order valence-corrected chi connectivity index (χ1v) is 6.33. The molecular formula is C9H7F6NO3S. The standard InChI is InChI=1S/C9H7F6NO3S/c10-4-1-2-5(8(12)7(4)11)20(18,19)16-3-6(17)9(13,14)15/h1-2,6,16-17H,3H2. The van der Waals surface area contributed by atoms with E-state index in [1.54, 1.807) is 0 Å². The molecule has 4 nitrogen and oxygen atoms in total. The molecule has 0 aliphatic heterocycles. The topological polar surface area (TPSA) is 66.4 Å². The maximum absolute atomic E-state index is 13.2. The van der Waals surface area contributed by atoms with E-state index in [2.05, 4.69) is 0 Å². The van der Waals surface area contributed by atoms with Crippen LogP contribution in [0.2, 0.25) is 0 Å². The number of aliphatic hydroxyl groups excluding tert-OH is 1. The van der Waals surface area contributed by atoms with Crippen LogP contribution < -0.4 is 4.72 Å². The average molecular weight is 323 g/mol. The Labute approximate surface area is 109 Å². The van der Waals surface area contributed by atoms with Gasteiger partial charge in [0.05, 0.1) is 0 Å². The number of hydrogen-bond donors (Lipinski definition) is 2. The Hall–Kier alpha value is -1.33. The predicted molar refractivity (Wildman–Crippen MR) is 53.6 cm³/mol. The van der Waals surface area contributed by atoms with Crippen molar-refractivity contribution in [1.29, 1.82) is 0 Å². The molecule has 0 saturated carbocycles. The molecule has 0 aromatic heterocycles. The summed E-state index contributed by atoms with van der Waals surface area (Å²) < 4.78 is 98.6. The largest absolute Gasteiger partial charge is 0.415 e. The Balaban J connectivity index is 2.99. The molecule has 114 valence electrons. The summed E-state index contributed by atoms with van der Waals surface area (Å²) in [5.41, 5.74) is 0. The lowest BCUT2D eigenvalue weighted by molar-refractivity contribution is -0.200. The minimum Gasteiger partial charge on any atom is -0.382 e. The SMILES string of the molecule is O=S(=O)(NCC(O)C(F)(F)F)c1ccc(F)c(F)c1F. The van der Waals surface area contributed by atoms with Gasteiger partial charge < -0.3 is 5.11 Å². The third kappa shape index (κ3) is 3.61. The Bertz CT molecular complexity index is 600. The summed E-state index contributed by atoms with van der Waals surface area (Å²) in [6.45, 7) is -1.50. The molecule has 0 saturated heterocycles. The van der Waals surface area contributed by atoms with Crippen LogP contribution in [-0.4, -0.2) is 32.3 Å². The van der Waals surface area contributed by atoms with E-state index in [0.717, 1.165) is 0 Å². The number of aliphatic hydroxyl groups is 1. The molecule has 11 heteroatoms. The first-order chi connectivity index (χ1) is 8.97. The van der Waals surface area contributed by atoms with Gasteiger partial charge in [-0.3, -0.25) is 0 Å². The summed E-state index contributed by atoms with van der Waals surface area (Å²) in [4.78, 5) is -1.37. The second kappa shape index (κ2) is 5.58. The van der Waals surface area contributed by atoms with Crippen LogP contribution in [0.5, 0.6) is 0 Å². The van der Waals surface area contributed by atoms with Crippen LogP contribution in [0, 0.1) is 17.5 Å². The van der Waals surface area contributed by atoms with Crippen molar-refractivity contribution in [2.75, 3.05) is 6.54 Å². The van der Waals surface area contributed by atoms with Gasteiger partial charge in [-0.1, -0.05) is 0 Å². The Morgan fingerprint density at radius 3 is 2.20 bits per heavy atom. The van der Waals surface area contributed by atoms with Gasteiger partial charge >= 0.3 is 6.18 Å². The van der Waals surface area contributed by atoms with E-state index in [-0.39, 0.29) is 0 Å². The van der Waals surface area contributed by atoms with Crippen LogP contribution in [0.3, 0.4) is 0 Å². The highest BCUT2D eigenvalue weighted by Gasteiger charge is 2.39. The number of hydrogen-bond acceptors (Lipinski definition) is 3. The zero-order valence-electron chi connectivity index (χ0n) is 9.38. The van der Waals surface area contributed by atoms with Crippen LogP contribution in [0.1, 0.15) is 0 Å². The molecule has 0 aliphatic carbocycles. The van der Waals surface area contributed by atoms with Crippen molar-refractivity contribution in [3.8, 4) is 0 Å². The molecule has 0 fully saturated rings. The van der Waals surface area contributed by atoms with E-state index in [1.807, 2.05) is 0 Å². The second-order valence-corrected chi connectivity index (χ2v) is 5.32. The molecule has 2 N–H and O–H groups in total. The fourth-order valence-corrected chi connectivity index (χ4v) is 2.20. The van der Waals surface area contributed by atoms with Crippen LogP contribution in [-0.2, 0) is 10.0 Å². The van der Waals surface area contributed by atoms with Crippen LogP contribution >= 0.6 is 0 Å². The lowest BCUT2D eigenvalue weighted by atomic mass is 10.3. The van der Waals surface area contributed by atoms with Crippen LogP contribution in [0.15, 0.2) is 17.0 Å². The Kier molecular flexibility index (Phi) is 4.66. The summed E-state index contributed by atoms with van der Waals surface area (Å²) >= 11 is 0. The van der Waals surface area contributed by atoms with Crippen molar-refractivity contribution in [3.05, 3.63) is 29.6 Å². The molecule has 20 heavy (non-hydrogen) atoms. The third-order valence-corrected chi connectivity index (χ3v) is 3.57. The summed E-state index contributed by atoms with van der Waals surface area (Å²) in [5.74, 6) is -5.81. The van der Waals surface area contributed by atoms with Gasteiger partial charge in [-0.15, -0.1) is 0 Å². The second-order valence-electron chi connectivity index (χ2n) is 3.58. The summed E-state index contributed by atoms with van der Waals surface area (Å²) in [6, 6.07) is 0.642. The fourth-order valence-electron chi connectivity index (χ4n) is 1.10. The first kappa shape index (κ1) is 16.7. The van der Waals surface area contributed by atoms with Gasteiger partial charge in [-0.25, -0.2) is 26.3 Å². The molecule has 0 bridgehead atoms. The van der Waals surface area contributed by atoms with Crippen molar-refractivity contribution in [1.82, 2.24) is 4.72 Å². The Morgan fingerprint density at radius 2 is 1.70 bits per heavy atom. The fraction of sp³-hybridized carbons (Fsp3) is 0.333. The van der Waals surface area contributed by atoms with E-state index in [0.29, 0.717) is 12.1 Å². The van der Waals surface area contributed by atoms with Gasteiger partial charge in [0, 0.05) is 6.54 Å². The molecule has 1 aromatic rings. The van der Waals surface area contributed by atoms with Crippen molar-refractivity contribution >= 4 is 10.0 Å². The smallest absolute Gasteiger partial charge is 0.382 e. The number of nitrogens with one attached hydrogen (secondary N) is 1. The normalized spacial score (nSPS) is 14.3. The number of sulfonamides is 1. The summed E-state index contributed by atoms with van der Waals surface area (Å²) in [7, 11) is -4.88. The molecule has 1 atom stereocenters. The predicted octanol–water partition coefficient (Wildman–Crippen LogP) is 1.31. The highest BCUT2D eigenvalue weighted by atomic mass is 32.2. The lowest BCUT2D eigenvalue weighted by Crippen LogP contribution is -2.40. The minimum atomic E-state index is -5.09. The van der Waals surface area contributed by atoms with Gasteiger partial charge in [-0.05, 0) is 12.1 Å². The molecule has 0 amide bonds. The summed E-state index contributed by atoms with van der Waals surface area (Å²) in [6.07, 6.45) is -8.11. The monoisotopic (exact) mass is 323 g/mol. The molecule has 0 spiro atoms. The molecule has 0 radical (unpaired) electrons. The average Bonchev–Trinajstić information content (AvgIpc) is 2.31. The van der Waals surface area contributed by atoms with Gasteiger partial charge in [0.1, 0.15) is 4.90 Å². The molecular weight excluding hydrogens is 316 g/mol. The zero-order valence-corrected chi connectivity index (χ0v) is 10.2. The number of alkyl halides is 3. The van der Waals surface area contributed by atoms with Gasteiger partial charge in [0.15, 0.2) is 23.6 Å². The molecule has 0 aliphatic rings. The maximum Gasteiger partial charge on any atom is 0.415 e. The molecule has 1 unspecified atom stereocenters. The molecule has 1 rings (SSSR count). The van der Waals surface area contributed by atoms with Crippen molar-refractivity contribution < 1.29 is 39.9 Å². The summed E-state index contributed by atoms with van der Waals surface area (Å²) in [5, 5.41) is 8.58. The lowest BCUT2D eigenvalue weighted by Gasteiger charge is -2.15. The molecule has 0 heterocycles. The van der Waals surface area contributed by atoms with E-state index < -0.39 is 51.2 Å². The van der Waals surface area contributed by atoms with Crippen molar-refractivity contribution in [3.63, 3.8) is 0 Å².